The second-order valence-corrected chi connectivity index (χ2v) is 7.47. The number of ether oxygens (including phenoxy) is 1. The number of likely N-dealkylation sites (tertiary alicyclic amines) is 1. The molecule has 24 heavy (non-hydrogen) atoms. The van der Waals surface area contributed by atoms with Gasteiger partial charge in [-0.05, 0) is 57.7 Å². The van der Waals surface area contributed by atoms with E-state index in [-0.39, 0.29) is 5.91 Å². The standard InChI is InChI=1S/C18H25ClN2O3/c1-18(2,3)24-17(23)21-10-5-4-9-15(21)16(22)20-12-13-7-6-8-14(19)11-13/h6-8,11,15H,4-5,9-10,12H2,1-3H3,(H,20,22)/t15-/m0/s1. The van der Waals surface area contributed by atoms with E-state index in [1.54, 1.807) is 11.0 Å². The summed E-state index contributed by atoms with van der Waals surface area (Å²) in [4.78, 5) is 26.4. The van der Waals surface area contributed by atoms with Crippen LogP contribution in [0.15, 0.2) is 24.3 Å². The first-order valence-corrected chi connectivity index (χ1v) is 8.66. The summed E-state index contributed by atoms with van der Waals surface area (Å²) >= 11 is 5.95. The van der Waals surface area contributed by atoms with Gasteiger partial charge in [0.15, 0.2) is 0 Å². The molecule has 1 saturated heterocycles. The van der Waals surface area contributed by atoms with Crippen LogP contribution in [0.1, 0.15) is 45.6 Å². The zero-order valence-corrected chi connectivity index (χ0v) is 15.2. The van der Waals surface area contributed by atoms with E-state index in [2.05, 4.69) is 5.32 Å². The lowest BCUT2D eigenvalue weighted by Crippen LogP contribution is -2.52. The lowest BCUT2D eigenvalue weighted by molar-refractivity contribution is -0.127. The maximum atomic E-state index is 12.5. The van der Waals surface area contributed by atoms with Crippen LogP contribution < -0.4 is 5.32 Å². The van der Waals surface area contributed by atoms with Gasteiger partial charge in [0.05, 0.1) is 0 Å². The Bertz CT molecular complexity index is 598. The summed E-state index contributed by atoms with van der Waals surface area (Å²) in [6.07, 6.45) is 2.04. The summed E-state index contributed by atoms with van der Waals surface area (Å²) in [5.74, 6) is -0.152. The van der Waals surface area contributed by atoms with Crippen LogP contribution in [-0.2, 0) is 16.1 Å². The third kappa shape index (κ3) is 5.41. The minimum absolute atomic E-state index is 0.152. The first kappa shape index (κ1) is 18.6. The van der Waals surface area contributed by atoms with E-state index < -0.39 is 17.7 Å². The fourth-order valence-electron chi connectivity index (χ4n) is 2.70. The summed E-state index contributed by atoms with van der Waals surface area (Å²) in [6.45, 7) is 6.40. The molecule has 1 aliphatic heterocycles. The Kier molecular flexibility index (Phi) is 6.10. The van der Waals surface area contributed by atoms with E-state index in [1.807, 2.05) is 39.0 Å². The topological polar surface area (TPSA) is 58.6 Å². The molecular weight excluding hydrogens is 328 g/mol. The van der Waals surface area contributed by atoms with E-state index >= 15 is 0 Å². The highest BCUT2D eigenvalue weighted by Gasteiger charge is 2.34. The largest absolute Gasteiger partial charge is 0.444 e. The Hall–Kier alpha value is -1.75. The van der Waals surface area contributed by atoms with Crippen LogP contribution in [0.2, 0.25) is 5.02 Å². The second-order valence-electron chi connectivity index (χ2n) is 7.03. The van der Waals surface area contributed by atoms with Crippen molar-refractivity contribution in [2.75, 3.05) is 6.54 Å². The van der Waals surface area contributed by atoms with E-state index in [4.69, 9.17) is 16.3 Å². The Labute approximate surface area is 148 Å². The van der Waals surface area contributed by atoms with Gasteiger partial charge in [-0.15, -0.1) is 0 Å². The number of carbonyl (C=O) groups excluding carboxylic acids is 2. The summed E-state index contributed by atoms with van der Waals surface area (Å²) in [7, 11) is 0. The van der Waals surface area contributed by atoms with Gasteiger partial charge in [-0.1, -0.05) is 23.7 Å². The number of halogens is 1. The number of rotatable bonds is 3. The number of hydrogen-bond acceptors (Lipinski definition) is 3. The normalized spacial score (nSPS) is 18.2. The number of nitrogens with one attached hydrogen (secondary N) is 1. The predicted molar refractivity (Wildman–Crippen MR) is 93.9 cm³/mol. The van der Waals surface area contributed by atoms with Crippen molar-refractivity contribution in [2.24, 2.45) is 0 Å². The van der Waals surface area contributed by atoms with Crippen LogP contribution in [0.5, 0.6) is 0 Å². The zero-order chi connectivity index (χ0) is 17.7. The lowest BCUT2D eigenvalue weighted by Gasteiger charge is -2.35. The van der Waals surface area contributed by atoms with Crippen molar-refractivity contribution in [2.45, 2.75) is 58.2 Å². The van der Waals surface area contributed by atoms with Gasteiger partial charge in [0.2, 0.25) is 5.91 Å². The van der Waals surface area contributed by atoms with Crippen LogP contribution in [0.3, 0.4) is 0 Å². The molecule has 1 aromatic carbocycles. The molecule has 2 rings (SSSR count). The zero-order valence-electron chi connectivity index (χ0n) is 14.5. The highest BCUT2D eigenvalue weighted by atomic mass is 35.5. The molecule has 0 aromatic heterocycles. The molecule has 0 saturated carbocycles. The van der Waals surface area contributed by atoms with Crippen molar-refractivity contribution in [3.8, 4) is 0 Å². The molecule has 1 aromatic rings. The van der Waals surface area contributed by atoms with Gasteiger partial charge in [0.1, 0.15) is 11.6 Å². The number of amides is 2. The van der Waals surface area contributed by atoms with E-state index in [0.29, 0.717) is 24.5 Å². The Morgan fingerprint density at radius 3 is 2.75 bits per heavy atom. The quantitative estimate of drug-likeness (QED) is 0.901. The van der Waals surface area contributed by atoms with E-state index in [1.165, 1.54) is 0 Å². The van der Waals surface area contributed by atoms with Gasteiger partial charge >= 0.3 is 6.09 Å². The minimum atomic E-state index is -0.573. The first-order chi connectivity index (χ1) is 11.3. The van der Waals surface area contributed by atoms with Crippen LogP contribution in [-0.4, -0.2) is 35.1 Å². The van der Waals surface area contributed by atoms with Gasteiger partial charge in [-0.3, -0.25) is 9.69 Å². The predicted octanol–water partition coefficient (Wildman–Crippen LogP) is 3.75. The Balaban J connectivity index is 1.98. The molecule has 2 amide bonds. The average Bonchev–Trinajstić information content (AvgIpc) is 2.51. The molecule has 1 fully saturated rings. The number of carbonyl (C=O) groups is 2. The lowest BCUT2D eigenvalue weighted by atomic mass is 10.0. The molecule has 0 bridgehead atoms. The Morgan fingerprint density at radius 2 is 2.08 bits per heavy atom. The summed E-state index contributed by atoms with van der Waals surface area (Å²) in [6, 6.07) is 6.87. The van der Waals surface area contributed by atoms with Gasteiger partial charge in [-0.25, -0.2) is 4.79 Å². The number of hydrogen-bond donors (Lipinski definition) is 1. The third-order valence-corrected chi connectivity index (χ3v) is 4.02. The first-order valence-electron chi connectivity index (χ1n) is 8.28. The van der Waals surface area contributed by atoms with Crippen LogP contribution in [0.4, 0.5) is 4.79 Å². The summed E-state index contributed by atoms with van der Waals surface area (Å²) < 4.78 is 5.43. The molecule has 0 radical (unpaired) electrons. The molecule has 132 valence electrons. The van der Waals surface area contributed by atoms with Crippen LogP contribution >= 0.6 is 11.6 Å². The third-order valence-electron chi connectivity index (χ3n) is 3.79. The molecule has 5 nitrogen and oxygen atoms in total. The molecule has 0 spiro atoms. The molecule has 6 heteroatoms. The van der Waals surface area contributed by atoms with Crippen LogP contribution in [0.25, 0.3) is 0 Å². The van der Waals surface area contributed by atoms with Crippen molar-refractivity contribution < 1.29 is 14.3 Å². The molecule has 1 aliphatic rings. The number of nitrogens with zero attached hydrogens (tertiary/aromatic N) is 1. The molecular formula is C18H25ClN2O3. The maximum Gasteiger partial charge on any atom is 0.410 e. The summed E-state index contributed by atoms with van der Waals surface area (Å²) in [5.41, 5.74) is 0.353. The molecule has 1 heterocycles. The fourth-order valence-corrected chi connectivity index (χ4v) is 2.91. The number of piperidine rings is 1. The van der Waals surface area contributed by atoms with Gasteiger partial charge in [0, 0.05) is 18.1 Å². The molecule has 0 aliphatic carbocycles. The average molecular weight is 353 g/mol. The molecule has 1 atom stereocenters. The van der Waals surface area contributed by atoms with Gasteiger partial charge in [0.25, 0.3) is 0 Å². The molecule has 1 N–H and O–H groups in total. The highest BCUT2D eigenvalue weighted by Crippen LogP contribution is 2.21. The van der Waals surface area contributed by atoms with Crippen LogP contribution in [0, 0.1) is 0 Å². The monoisotopic (exact) mass is 352 g/mol. The SMILES string of the molecule is CC(C)(C)OC(=O)N1CCCC[C@H]1C(=O)NCc1cccc(Cl)c1. The maximum absolute atomic E-state index is 12.5. The van der Waals surface area contributed by atoms with Crippen molar-refractivity contribution in [1.82, 2.24) is 10.2 Å². The molecule has 0 unspecified atom stereocenters. The van der Waals surface area contributed by atoms with E-state index in [0.717, 1.165) is 18.4 Å². The minimum Gasteiger partial charge on any atom is -0.444 e. The second kappa shape index (κ2) is 7.88. The van der Waals surface area contributed by atoms with Crippen molar-refractivity contribution in [3.63, 3.8) is 0 Å². The number of benzene rings is 1. The fraction of sp³-hybridized carbons (Fsp3) is 0.556. The van der Waals surface area contributed by atoms with Crippen molar-refractivity contribution in [3.05, 3.63) is 34.9 Å². The highest BCUT2D eigenvalue weighted by molar-refractivity contribution is 6.30. The van der Waals surface area contributed by atoms with Crippen molar-refractivity contribution in [1.29, 1.82) is 0 Å². The summed E-state index contributed by atoms with van der Waals surface area (Å²) in [5, 5.41) is 3.53. The Morgan fingerprint density at radius 1 is 1.33 bits per heavy atom. The van der Waals surface area contributed by atoms with Gasteiger partial charge in [-0.2, -0.15) is 0 Å². The van der Waals surface area contributed by atoms with E-state index in [9.17, 15) is 9.59 Å². The van der Waals surface area contributed by atoms with Crippen molar-refractivity contribution >= 4 is 23.6 Å². The smallest absolute Gasteiger partial charge is 0.410 e. The van der Waals surface area contributed by atoms with Gasteiger partial charge < -0.3 is 10.1 Å².